The van der Waals surface area contributed by atoms with E-state index in [1.54, 1.807) is 11.3 Å². The van der Waals surface area contributed by atoms with Crippen LogP contribution in [0.5, 0.6) is 0 Å². The van der Waals surface area contributed by atoms with E-state index in [1.165, 1.54) is 0 Å². The van der Waals surface area contributed by atoms with Gasteiger partial charge in [-0.2, -0.15) is 0 Å². The monoisotopic (exact) mass is 226 g/mol. The molecule has 0 bridgehead atoms. The molecule has 84 valence electrons. The number of carbonyl (C=O) groups excluding carboxylic acids is 1. The molecule has 1 unspecified atom stereocenters. The van der Waals surface area contributed by atoms with Crippen LogP contribution < -0.4 is 5.32 Å². The average Bonchev–Trinajstić information content (AvgIpc) is 2.45. The summed E-state index contributed by atoms with van der Waals surface area (Å²) in [7, 11) is 0. The van der Waals surface area contributed by atoms with E-state index in [1.807, 2.05) is 27.7 Å². The second-order valence-corrected chi connectivity index (χ2v) is 4.96. The lowest BCUT2D eigenvalue weighted by molar-refractivity contribution is -0.121. The van der Waals surface area contributed by atoms with E-state index in [4.69, 9.17) is 0 Å². The number of hydrogen-bond donors (Lipinski definition) is 1. The molecular formula is C11H18N2OS. The van der Waals surface area contributed by atoms with Crippen LogP contribution in [0.4, 0.5) is 0 Å². The number of hydrogen-bond acceptors (Lipinski definition) is 3. The Bertz CT molecular complexity index is 346. The van der Waals surface area contributed by atoms with Crippen molar-refractivity contribution in [3.8, 4) is 0 Å². The molecule has 1 N–H and O–H groups in total. The SMILES string of the molecule is CCCC(=O)NC(C)c1sc(C)nc1C. The molecule has 0 aliphatic rings. The van der Waals surface area contributed by atoms with Gasteiger partial charge >= 0.3 is 0 Å². The highest BCUT2D eigenvalue weighted by atomic mass is 32.1. The van der Waals surface area contributed by atoms with Crippen LogP contribution >= 0.6 is 11.3 Å². The summed E-state index contributed by atoms with van der Waals surface area (Å²) in [6.45, 7) is 7.99. The topological polar surface area (TPSA) is 42.0 Å². The van der Waals surface area contributed by atoms with E-state index >= 15 is 0 Å². The number of carbonyl (C=O) groups is 1. The molecule has 0 radical (unpaired) electrons. The van der Waals surface area contributed by atoms with E-state index in [9.17, 15) is 4.79 Å². The molecule has 1 rings (SSSR count). The molecule has 0 aromatic carbocycles. The van der Waals surface area contributed by atoms with E-state index in [0.29, 0.717) is 6.42 Å². The number of nitrogens with one attached hydrogen (secondary N) is 1. The first-order chi connectivity index (χ1) is 7.04. The van der Waals surface area contributed by atoms with Gasteiger partial charge in [-0.25, -0.2) is 4.98 Å². The maximum atomic E-state index is 11.4. The van der Waals surface area contributed by atoms with Crippen LogP contribution in [0.15, 0.2) is 0 Å². The predicted octanol–water partition coefficient (Wildman–Crippen LogP) is 2.74. The van der Waals surface area contributed by atoms with Crippen LogP contribution in [0, 0.1) is 13.8 Å². The molecule has 3 nitrogen and oxygen atoms in total. The third-order valence-corrected chi connectivity index (χ3v) is 3.44. The maximum Gasteiger partial charge on any atom is 0.220 e. The predicted molar refractivity (Wildman–Crippen MR) is 63.1 cm³/mol. The van der Waals surface area contributed by atoms with E-state index in [2.05, 4.69) is 10.3 Å². The Kier molecular flexibility index (Phi) is 4.27. The van der Waals surface area contributed by atoms with Crippen molar-refractivity contribution in [2.75, 3.05) is 0 Å². The Morgan fingerprint density at radius 3 is 2.67 bits per heavy atom. The van der Waals surface area contributed by atoms with Gasteiger partial charge in [0.2, 0.25) is 5.91 Å². The largest absolute Gasteiger partial charge is 0.349 e. The number of aromatic nitrogens is 1. The molecule has 0 aliphatic heterocycles. The third kappa shape index (κ3) is 3.30. The standard InChI is InChI=1S/C11H18N2OS/c1-5-6-10(14)13-8(3)11-7(2)12-9(4)15-11/h8H,5-6H2,1-4H3,(H,13,14). The number of thiazole rings is 1. The Morgan fingerprint density at radius 1 is 1.53 bits per heavy atom. The molecule has 0 saturated carbocycles. The van der Waals surface area contributed by atoms with Crippen molar-refractivity contribution in [3.05, 3.63) is 15.6 Å². The lowest BCUT2D eigenvalue weighted by Gasteiger charge is -2.12. The van der Waals surface area contributed by atoms with Gasteiger partial charge in [0.1, 0.15) is 0 Å². The van der Waals surface area contributed by atoms with Crippen molar-refractivity contribution in [2.45, 2.75) is 46.6 Å². The van der Waals surface area contributed by atoms with Gasteiger partial charge in [0, 0.05) is 11.3 Å². The van der Waals surface area contributed by atoms with Gasteiger partial charge in [-0.05, 0) is 27.2 Å². The fourth-order valence-corrected chi connectivity index (χ4v) is 2.48. The van der Waals surface area contributed by atoms with Crippen molar-refractivity contribution in [3.63, 3.8) is 0 Å². The van der Waals surface area contributed by atoms with Crippen LogP contribution in [0.2, 0.25) is 0 Å². The molecule has 1 atom stereocenters. The Hall–Kier alpha value is -0.900. The normalized spacial score (nSPS) is 12.5. The Morgan fingerprint density at radius 2 is 2.20 bits per heavy atom. The maximum absolute atomic E-state index is 11.4. The van der Waals surface area contributed by atoms with Crippen molar-refractivity contribution in [2.24, 2.45) is 0 Å². The molecule has 4 heteroatoms. The third-order valence-electron chi connectivity index (χ3n) is 2.19. The Labute approximate surface area is 94.9 Å². The summed E-state index contributed by atoms with van der Waals surface area (Å²) in [5.41, 5.74) is 1.03. The van der Waals surface area contributed by atoms with Crippen LogP contribution in [-0.4, -0.2) is 10.9 Å². The highest BCUT2D eigenvalue weighted by molar-refractivity contribution is 7.11. The summed E-state index contributed by atoms with van der Waals surface area (Å²) in [5.74, 6) is 0.121. The first-order valence-electron chi connectivity index (χ1n) is 5.27. The smallest absolute Gasteiger partial charge is 0.220 e. The summed E-state index contributed by atoms with van der Waals surface area (Å²) < 4.78 is 0. The Balaban J connectivity index is 2.64. The second-order valence-electron chi connectivity index (χ2n) is 3.72. The number of nitrogens with zero attached hydrogens (tertiary/aromatic N) is 1. The summed E-state index contributed by atoms with van der Waals surface area (Å²) in [4.78, 5) is 16.9. The summed E-state index contributed by atoms with van der Waals surface area (Å²) in [6.07, 6.45) is 1.49. The highest BCUT2D eigenvalue weighted by Gasteiger charge is 2.14. The molecule has 15 heavy (non-hydrogen) atoms. The van der Waals surface area contributed by atoms with Crippen LogP contribution in [0.25, 0.3) is 0 Å². The summed E-state index contributed by atoms with van der Waals surface area (Å²) >= 11 is 1.66. The van der Waals surface area contributed by atoms with Crippen molar-refractivity contribution in [1.29, 1.82) is 0 Å². The minimum Gasteiger partial charge on any atom is -0.349 e. The van der Waals surface area contributed by atoms with Gasteiger partial charge in [-0.3, -0.25) is 4.79 Å². The molecule has 0 aliphatic carbocycles. The van der Waals surface area contributed by atoms with Gasteiger partial charge in [0.25, 0.3) is 0 Å². The zero-order valence-corrected chi connectivity index (χ0v) is 10.6. The fourth-order valence-electron chi connectivity index (χ4n) is 1.56. The van der Waals surface area contributed by atoms with Gasteiger partial charge in [-0.1, -0.05) is 6.92 Å². The second kappa shape index (κ2) is 5.26. The zero-order chi connectivity index (χ0) is 11.4. The molecule has 1 heterocycles. The molecular weight excluding hydrogens is 208 g/mol. The van der Waals surface area contributed by atoms with Crippen LogP contribution in [0.1, 0.15) is 48.3 Å². The van der Waals surface area contributed by atoms with Crippen molar-refractivity contribution < 1.29 is 4.79 Å². The summed E-state index contributed by atoms with van der Waals surface area (Å²) in [5, 5.41) is 4.04. The van der Waals surface area contributed by atoms with E-state index < -0.39 is 0 Å². The van der Waals surface area contributed by atoms with Gasteiger partial charge in [0.15, 0.2) is 0 Å². The number of rotatable bonds is 4. The first-order valence-corrected chi connectivity index (χ1v) is 6.09. The molecule has 1 aromatic rings. The minimum absolute atomic E-state index is 0.0789. The minimum atomic E-state index is 0.0789. The van der Waals surface area contributed by atoms with E-state index in [0.717, 1.165) is 22.0 Å². The quantitative estimate of drug-likeness (QED) is 0.857. The first kappa shape index (κ1) is 12.2. The summed E-state index contributed by atoms with van der Waals surface area (Å²) in [6, 6.07) is 0.0789. The van der Waals surface area contributed by atoms with Crippen LogP contribution in [0.3, 0.4) is 0 Å². The van der Waals surface area contributed by atoms with Gasteiger partial charge in [0.05, 0.1) is 16.7 Å². The lowest BCUT2D eigenvalue weighted by Crippen LogP contribution is -2.25. The zero-order valence-electron chi connectivity index (χ0n) is 9.76. The number of aryl methyl sites for hydroxylation is 2. The molecule has 0 spiro atoms. The molecule has 1 amide bonds. The fraction of sp³-hybridized carbons (Fsp3) is 0.636. The highest BCUT2D eigenvalue weighted by Crippen LogP contribution is 2.24. The van der Waals surface area contributed by atoms with Gasteiger partial charge < -0.3 is 5.32 Å². The van der Waals surface area contributed by atoms with Crippen molar-refractivity contribution in [1.82, 2.24) is 10.3 Å². The van der Waals surface area contributed by atoms with E-state index in [-0.39, 0.29) is 11.9 Å². The van der Waals surface area contributed by atoms with Crippen LogP contribution in [-0.2, 0) is 4.79 Å². The van der Waals surface area contributed by atoms with Crippen molar-refractivity contribution >= 4 is 17.2 Å². The van der Waals surface area contributed by atoms with Gasteiger partial charge in [-0.15, -0.1) is 11.3 Å². The molecule has 1 aromatic heterocycles. The lowest BCUT2D eigenvalue weighted by atomic mass is 10.2. The number of amides is 1. The molecule has 0 fully saturated rings. The molecule has 0 saturated heterocycles. The average molecular weight is 226 g/mol.